The standard InChI is InChI=1S/C21H36O2/c1-3-5-17-6-11-19(12-7-17)20-13-8-18(9-14-20)10-15-21(22)23-16-4-2/h10,15,17-20H,3-9,11-14,16H2,1-2H3/b15-10+. The van der Waals surface area contributed by atoms with Gasteiger partial charge in [-0.3, -0.25) is 0 Å². The molecule has 2 aliphatic carbocycles. The van der Waals surface area contributed by atoms with E-state index >= 15 is 0 Å². The van der Waals surface area contributed by atoms with Crippen molar-refractivity contribution in [2.75, 3.05) is 6.61 Å². The second-order valence-corrected chi connectivity index (χ2v) is 7.77. The number of esters is 1. The Morgan fingerprint density at radius 2 is 1.52 bits per heavy atom. The molecular formula is C21H36O2. The summed E-state index contributed by atoms with van der Waals surface area (Å²) in [5.74, 6) is 3.39. The summed E-state index contributed by atoms with van der Waals surface area (Å²) in [5.41, 5.74) is 0. The summed E-state index contributed by atoms with van der Waals surface area (Å²) >= 11 is 0. The van der Waals surface area contributed by atoms with Crippen LogP contribution >= 0.6 is 0 Å². The molecule has 0 atom stereocenters. The molecule has 0 aromatic heterocycles. The van der Waals surface area contributed by atoms with Crippen LogP contribution in [0.3, 0.4) is 0 Å². The lowest BCUT2D eigenvalue weighted by molar-refractivity contribution is -0.137. The maximum absolute atomic E-state index is 11.5. The molecule has 2 rings (SSSR count). The Labute approximate surface area is 143 Å². The van der Waals surface area contributed by atoms with Crippen molar-refractivity contribution in [3.8, 4) is 0 Å². The lowest BCUT2D eigenvalue weighted by Crippen LogP contribution is -2.25. The molecule has 2 heteroatoms. The zero-order chi connectivity index (χ0) is 16.5. The SMILES string of the molecule is CCCOC(=O)/C=C/C1CCC(C2CCC(CCC)CC2)CC1. The second-order valence-electron chi connectivity index (χ2n) is 7.77. The van der Waals surface area contributed by atoms with Crippen molar-refractivity contribution in [1.29, 1.82) is 0 Å². The lowest BCUT2D eigenvalue weighted by Gasteiger charge is -2.37. The first-order valence-electron chi connectivity index (χ1n) is 10.1. The highest BCUT2D eigenvalue weighted by atomic mass is 16.5. The molecule has 0 heterocycles. The summed E-state index contributed by atoms with van der Waals surface area (Å²) in [6.07, 6.45) is 18.6. The van der Waals surface area contributed by atoms with E-state index in [1.54, 1.807) is 6.08 Å². The van der Waals surface area contributed by atoms with Gasteiger partial charge in [0.05, 0.1) is 6.61 Å². The van der Waals surface area contributed by atoms with E-state index < -0.39 is 0 Å². The average Bonchev–Trinajstić information content (AvgIpc) is 2.59. The van der Waals surface area contributed by atoms with Crippen LogP contribution in [0, 0.1) is 23.7 Å². The highest BCUT2D eigenvalue weighted by Gasteiger charge is 2.30. The molecule has 0 bridgehead atoms. The van der Waals surface area contributed by atoms with Gasteiger partial charge >= 0.3 is 5.97 Å². The van der Waals surface area contributed by atoms with E-state index in [4.69, 9.17) is 4.74 Å². The third-order valence-corrected chi connectivity index (χ3v) is 6.02. The average molecular weight is 321 g/mol. The highest BCUT2D eigenvalue weighted by molar-refractivity contribution is 5.81. The number of hydrogen-bond acceptors (Lipinski definition) is 2. The largest absolute Gasteiger partial charge is 0.463 e. The third-order valence-electron chi connectivity index (χ3n) is 6.02. The Hall–Kier alpha value is -0.790. The molecular weight excluding hydrogens is 284 g/mol. The summed E-state index contributed by atoms with van der Waals surface area (Å²) in [4.78, 5) is 11.5. The molecule has 0 aliphatic heterocycles. The molecule has 23 heavy (non-hydrogen) atoms. The summed E-state index contributed by atoms with van der Waals surface area (Å²) in [7, 11) is 0. The number of carbonyl (C=O) groups is 1. The van der Waals surface area contributed by atoms with Crippen molar-refractivity contribution in [1.82, 2.24) is 0 Å². The van der Waals surface area contributed by atoms with E-state index in [0.29, 0.717) is 12.5 Å². The van der Waals surface area contributed by atoms with Gasteiger partial charge in [0.1, 0.15) is 0 Å². The number of carbonyl (C=O) groups excluding carboxylic acids is 1. The minimum Gasteiger partial charge on any atom is -0.463 e. The Morgan fingerprint density at radius 3 is 2.09 bits per heavy atom. The van der Waals surface area contributed by atoms with Gasteiger partial charge in [-0.1, -0.05) is 45.6 Å². The maximum Gasteiger partial charge on any atom is 0.330 e. The molecule has 0 spiro atoms. The third kappa shape index (κ3) is 6.31. The molecule has 0 amide bonds. The predicted molar refractivity (Wildman–Crippen MR) is 96.2 cm³/mol. The quantitative estimate of drug-likeness (QED) is 0.430. The zero-order valence-electron chi connectivity index (χ0n) is 15.3. The van der Waals surface area contributed by atoms with Crippen LogP contribution in [-0.4, -0.2) is 12.6 Å². The maximum atomic E-state index is 11.5. The van der Waals surface area contributed by atoms with Crippen molar-refractivity contribution in [3.63, 3.8) is 0 Å². The van der Waals surface area contributed by atoms with Crippen LogP contribution in [-0.2, 0) is 9.53 Å². The minimum atomic E-state index is -0.164. The molecule has 0 aromatic carbocycles. The van der Waals surface area contributed by atoms with Gasteiger partial charge in [-0.2, -0.15) is 0 Å². The minimum absolute atomic E-state index is 0.164. The first kappa shape index (κ1) is 18.5. The van der Waals surface area contributed by atoms with Crippen LogP contribution in [0.15, 0.2) is 12.2 Å². The van der Waals surface area contributed by atoms with Gasteiger partial charge in [-0.05, 0) is 68.6 Å². The van der Waals surface area contributed by atoms with Gasteiger partial charge in [-0.25, -0.2) is 4.79 Å². The van der Waals surface area contributed by atoms with Crippen LogP contribution < -0.4 is 0 Å². The van der Waals surface area contributed by atoms with E-state index in [9.17, 15) is 4.79 Å². The summed E-state index contributed by atoms with van der Waals surface area (Å²) in [6, 6.07) is 0. The molecule has 0 saturated heterocycles. The first-order valence-corrected chi connectivity index (χ1v) is 10.1. The predicted octanol–water partition coefficient (Wildman–Crippen LogP) is 5.91. The Balaban J connectivity index is 1.66. The molecule has 2 fully saturated rings. The van der Waals surface area contributed by atoms with Gasteiger partial charge < -0.3 is 4.74 Å². The number of rotatable bonds is 7. The van der Waals surface area contributed by atoms with Crippen LogP contribution in [0.5, 0.6) is 0 Å². The molecule has 0 radical (unpaired) electrons. The molecule has 0 unspecified atom stereocenters. The number of hydrogen-bond donors (Lipinski definition) is 0. The van der Waals surface area contributed by atoms with E-state index in [1.807, 2.05) is 6.92 Å². The van der Waals surface area contributed by atoms with Gasteiger partial charge in [0.2, 0.25) is 0 Å². The zero-order valence-corrected chi connectivity index (χ0v) is 15.3. The fraction of sp³-hybridized carbons (Fsp3) is 0.857. The van der Waals surface area contributed by atoms with E-state index in [1.165, 1.54) is 64.2 Å². The molecule has 2 saturated carbocycles. The van der Waals surface area contributed by atoms with Crippen LogP contribution in [0.25, 0.3) is 0 Å². The van der Waals surface area contributed by atoms with Gasteiger partial charge in [0.25, 0.3) is 0 Å². The van der Waals surface area contributed by atoms with Crippen molar-refractivity contribution in [2.24, 2.45) is 23.7 Å². The van der Waals surface area contributed by atoms with Gasteiger partial charge in [0.15, 0.2) is 0 Å². The summed E-state index contributed by atoms with van der Waals surface area (Å²) in [6.45, 7) is 4.88. The fourth-order valence-electron chi connectivity index (χ4n) is 4.63. The fourth-order valence-corrected chi connectivity index (χ4v) is 4.63. The molecule has 0 N–H and O–H groups in total. The monoisotopic (exact) mass is 320 g/mol. The lowest BCUT2D eigenvalue weighted by atomic mass is 9.69. The van der Waals surface area contributed by atoms with Crippen molar-refractivity contribution in [2.45, 2.75) is 84.5 Å². The summed E-state index contributed by atoms with van der Waals surface area (Å²) in [5, 5.41) is 0. The Morgan fingerprint density at radius 1 is 0.913 bits per heavy atom. The van der Waals surface area contributed by atoms with Crippen LogP contribution in [0.4, 0.5) is 0 Å². The molecule has 2 nitrogen and oxygen atoms in total. The van der Waals surface area contributed by atoms with Crippen molar-refractivity contribution in [3.05, 3.63) is 12.2 Å². The van der Waals surface area contributed by atoms with E-state index in [-0.39, 0.29) is 5.97 Å². The number of ether oxygens (including phenoxy) is 1. The number of allylic oxidation sites excluding steroid dienone is 1. The van der Waals surface area contributed by atoms with E-state index in [0.717, 1.165) is 24.2 Å². The molecule has 2 aliphatic rings. The molecule has 0 aromatic rings. The van der Waals surface area contributed by atoms with Crippen LogP contribution in [0.2, 0.25) is 0 Å². The molecule has 132 valence electrons. The highest BCUT2D eigenvalue weighted by Crippen LogP contribution is 2.42. The first-order chi connectivity index (χ1) is 11.2. The topological polar surface area (TPSA) is 26.3 Å². The Kier molecular flexibility index (Phi) is 8.19. The summed E-state index contributed by atoms with van der Waals surface area (Å²) < 4.78 is 5.10. The van der Waals surface area contributed by atoms with Crippen molar-refractivity contribution < 1.29 is 9.53 Å². The van der Waals surface area contributed by atoms with Gasteiger partial charge in [0, 0.05) is 6.08 Å². The smallest absolute Gasteiger partial charge is 0.330 e. The van der Waals surface area contributed by atoms with Crippen LogP contribution in [0.1, 0.15) is 84.5 Å². The van der Waals surface area contributed by atoms with E-state index in [2.05, 4.69) is 13.0 Å². The van der Waals surface area contributed by atoms with Gasteiger partial charge in [-0.15, -0.1) is 0 Å². The van der Waals surface area contributed by atoms with Crippen molar-refractivity contribution >= 4 is 5.97 Å². The normalized spacial score (nSPS) is 32.1. The second kappa shape index (κ2) is 10.2. The Bertz CT molecular complexity index is 358.